The van der Waals surface area contributed by atoms with Crippen LogP contribution in [0.3, 0.4) is 0 Å². The van der Waals surface area contributed by atoms with Gasteiger partial charge in [-0.1, -0.05) is 86.7 Å². The molecule has 1 aliphatic heterocycles. The fourth-order valence-electron chi connectivity index (χ4n) is 7.89. The van der Waals surface area contributed by atoms with E-state index < -0.39 is 0 Å². The fraction of sp³-hybridized carbons (Fsp3) is 0.263. The van der Waals surface area contributed by atoms with Gasteiger partial charge >= 0.3 is 0 Å². The van der Waals surface area contributed by atoms with Crippen molar-refractivity contribution in [3.8, 4) is 5.95 Å². The Labute approximate surface area is 252 Å². The first-order chi connectivity index (χ1) is 20.4. The summed E-state index contributed by atoms with van der Waals surface area (Å²) in [5, 5.41) is 1.61. The van der Waals surface area contributed by atoms with Crippen molar-refractivity contribution in [3.05, 3.63) is 123 Å². The molecule has 0 bridgehead atoms. The van der Waals surface area contributed by atoms with E-state index in [-0.39, 0.29) is 5.41 Å². The summed E-state index contributed by atoms with van der Waals surface area (Å²) in [7, 11) is 0. The number of thioether (sulfide) groups is 1. The molecule has 0 saturated heterocycles. The van der Waals surface area contributed by atoms with Gasteiger partial charge in [-0.3, -0.25) is 4.57 Å². The molecule has 0 spiro atoms. The average molecular weight is 566 g/mol. The zero-order chi connectivity index (χ0) is 28.9. The molecule has 0 N–H and O–H groups in total. The molecule has 2 unspecified atom stereocenters. The molecule has 0 radical (unpaired) electrons. The Kier molecular flexibility index (Phi) is 5.56. The Morgan fingerprint density at radius 3 is 2.74 bits per heavy atom. The van der Waals surface area contributed by atoms with Gasteiger partial charge < -0.3 is 0 Å². The quantitative estimate of drug-likeness (QED) is 0.316. The molecule has 5 aliphatic rings. The van der Waals surface area contributed by atoms with Crippen molar-refractivity contribution in [3.63, 3.8) is 0 Å². The fourth-order valence-corrected chi connectivity index (χ4v) is 9.13. The zero-order valence-electron chi connectivity index (χ0n) is 25.0. The molecule has 3 nitrogen and oxygen atoms in total. The summed E-state index contributed by atoms with van der Waals surface area (Å²) >= 11 is 1.90. The van der Waals surface area contributed by atoms with Crippen molar-refractivity contribution in [1.82, 2.24) is 14.5 Å². The lowest BCUT2D eigenvalue weighted by molar-refractivity contribution is 0.602. The molecular formula is C38H35N3S. The summed E-state index contributed by atoms with van der Waals surface area (Å²) < 4.78 is 2.39. The minimum Gasteiger partial charge on any atom is -0.278 e. The van der Waals surface area contributed by atoms with Crippen molar-refractivity contribution in [2.45, 2.75) is 52.7 Å². The highest BCUT2D eigenvalue weighted by Gasteiger charge is 2.47. The van der Waals surface area contributed by atoms with E-state index in [2.05, 4.69) is 113 Å². The van der Waals surface area contributed by atoms with Crippen LogP contribution in [0.15, 0.2) is 95.0 Å². The van der Waals surface area contributed by atoms with Crippen LogP contribution in [0, 0.1) is 11.3 Å². The predicted molar refractivity (Wildman–Crippen MR) is 179 cm³/mol. The smallest absolute Gasteiger partial charge is 0.235 e. The Hall–Kier alpha value is -3.89. The second-order valence-corrected chi connectivity index (χ2v) is 13.7. The molecule has 2 atom stereocenters. The van der Waals surface area contributed by atoms with Gasteiger partial charge in [-0.15, -0.1) is 11.8 Å². The van der Waals surface area contributed by atoms with E-state index in [4.69, 9.17) is 9.97 Å². The summed E-state index contributed by atoms with van der Waals surface area (Å²) in [5.41, 5.74) is 15.4. The molecule has 42 heavy (non-hydrogen) atoms. The molecule has 0 saturated carbocycles. The number of allylic oxidation sites excluding steroid dienone is 13. The second kappa shape index (κ2) is 9.05. The first-order valence-corrected chi connectivity index (χ1v) is 15.9. The van der Waals surface area contributed by atoms with E-state index in [1.165, 1.54) is 60.6 Å². The van der Waals surface area contributed by atoms with Crippen LogP contribution < -0.4 is 0 Å². The third-order valence-electron chi connectivity index (χ3n) is 10.1. The number of fused-ring (bicyclic) bond motifs is 7. The highest BCUT2D eigenvalue weighted by atomic mass is 32.2. The molecule has 4 heteroatoms. The first-order valence-electron chi connectivity index (χ1n) is 15.1. The van der Waals surface area contributed by atoms with Gasteiger partial charge in [0.1, 0.15) is 0 Å². The summed E-state index contributed by atoms with van der Waals surface area (Å²) in [6, 6.07) is 8.86. The van der Waals surface area contributed by atoms with Crippen LogP contribution in [0.25, 0.3) is 39.6 Å². The molecule has 3 aromatic rings. The van der Waals surface area contributed by atoms with Crippen LogP contribution >= 0.6 is 11.8 Å². The van der Waals surface area contributed by atoms with E-state index in [0.717, 1.165) is 35.7 Å². The van der Waals surface area contributed by atoms with Gasteiger partial charge in [-0.05, 0) is 73.6 Å². The number of aromatic nitrogens is 3. The molecule has 3 heterocycles. The third kappa shape index (κ3) is 3.25. The van der Waals surface area contributed by atoms with Crippen molar-refractivity contribution < 1.29 is 0 Å². The van der Waals surface area contributed by atoms with Crippen LogP contribution in [-0.2, 0) is 0 Å². The normalized spacial score (nSPS) is 23.4. The summed E-state index contributed by atoms with van der Waals surface area (Å²) in [5.74, 6) is 1.10. The van der Waals surface area contributed by atoms with Crippen LogP contribution in [0.5, 0.6) is 0 Å². The number of rotatable bonds is 3. The first kappa shape index (κ1) is 25.8. The molecule has 1 aromatic carbocycles. The van der Waals surface area contributed by atoms with E-state index >= 15 is 0 Å². The van der Waals surface area contributed by atoms with Gasteiger partial charge in [0.15, 0.2) is 0 Å². The van der Waals surface area contributed by atoms with Gasteiger partial charge in [-0.25, -0.2) is 9.97 Å². The number of nitrogens with zero attached hydrogens (tertiary/aromatic N) is 3. The molecular weight excluding hydrogens is 531 g/mol. The van der Waals surface area contributed by atoms with Gasteiger partial charge in [0, 0.05) is 38.0 Å². The number of hydrogen-bond donors (Lipinski definition) is 0. The largest absolute Gasteiger partial charge is 0.278 e. The molecule has 0 amide bonds. The van der Waals surface area contributed by atoms with Gasteiger partial charge in [0.05, 0.1) is 22.6 Å². The van der Waals surface area contributed by atoms with E-state index in [9.17, 15) is 0 Å². The van der Waals surface area contributed by atoms with Crippen LogP contribution in [-0.4, -0.2) is 14.5 Å². The Bertz CT molecular complexity index is 1980. The maximum atomic E-state index is 5.44. The second-order valence-electron chi connectivity index (χ2n) is 12.5. The Morgan fingerprint density at radius 2 is 1.93 bits per heavy atom. The molecule has 0 fully saturated rings. The number of para-hydroxylation sites is 1. The lowest BCUT2D eigenvalue weighted by Crippen LogP contribution is -2.23. The highest BCUT2D eigenvalue weighted by Crippen LogP contribution is 2.62. The summed E-state index contributed by atoms with van der Waals surface area (Å²) in [4.78, 5) is 12.0. The summed E-state index contributed by atoms with van der Waals surface area (Å²) in [6.45, 7) is 15.6. The van der Waals surface area contributed by atoms with E-state index in [1.807, 2.05) is 17.8 Å². The standard InChI is InChI=1S/C38H35N3S/c1-7-14-23-22(4)38(5,6)34-31(23)24-15-9-10-16-25(24)32-26-17-11-12-19-28(26)41(36(32)34)37-39-27-18-13-20-30-33(27)35(40-37)21(3)29(8-2)42-30/h7-14,16-19,24,30H,2,15,20H2,1,3-6H3/b14-7-. The van der Waals surface area contributed by atoms with Crippen molar-refractivity contribution in [2.75, 3.05) is 0 Å². The highest BCUT2D eigenvalue weighted by molar-refractivity contribution is 8.03. The van der Waals surface area contributed by atoms with Gasteiger partial charge in [0.25, 0.3) is 0 Å². The minimum absolute atomic E-state index is 0.131. The van der Waals surface area contributed by atoms with E-state index in [1.54, 1.807) is 0 Å². The monoisotopic (exact) mass is 565 g/mol. The molecule has 8 rings (SSSR count). The third-order valence-corrected chi connectivity index (χ3v) is 11.5. The molecule has 2 aromatic heterocycles. The topological polar surface area (TPSA) is 30.7 Å². The zero-order valence-corrected chi connectivity index (χ0v) is 25.8. The predicted octanol–water partition coefficient (Wildman–Crippen LogP) is 10.2. The van der Waals surface area contributed by atoms with Gasteiger partial charge in [-0.2, -0.15) is 0 Å². The van der Waals surface area contributed by atoms with Crippen LogP contribution in [0.2, 0.25) is 0 Å². The number of hydrogen-bond acceptors (Lipinski definition) is 3. The lowest BCUT2D eigenvalue weighted by atomic mass is 9.69. The van der Waals surface area contributed by atoms with Crippen LogP contribution in [0.1, 0.15) is 80.9 Å². The lowest BCUT2D eigenvalue weighted by Gasteiger charge is -2.35. The van der Waals surface area contributed by atoms with Gasteiger partial charge in [0.2, 0.25) is 5.95 Å². The average Bonchev–Trinajstić information content (AvgIpc) is 3.44. The Morgan fingerprint density at radius 1 is 1.10 bits per heavy atom. The molecule has 208 valence electrons. The van der Waals surface area contributed by atoms with Crippen molar-refractivity contribution in [2.24, 2.45) is 11.3 Å². The van der Waals surface area contributed by atoms with E-state index in [0.29, 0.717) is 11.2 Å². The van der Waals surface area contributed by atoms with Crippen molar-refractivity contribution >= 4 is 45.5 Å². The van der Waals surface area contributed by atoms with Crippen LogP contribution in [0.4, 0.5) is 0 Å². The molecule has 4 aliphatic carbocycles. The number of benzene rings is 1. The summed E-state index contributed by atoms with van der Waals surface area (Å²) in [6.07, 6.45) is 19.9. The maximum Gasteiger partial charge on any atom is 0.235 e. The van der Waals surface area contributed by atoms with Crippen molar-refractivity contribution in [1.29, 1.82) is 0 Å². The SMILES string of the molecule is C=CC1=C(C)c2nc(-n3c4c(c5ccccc53)C3=CC=CCC3C3=C4C(C)(C)C(C)=C3/C=C\C)nc3c2C(CC=C3)S1. The maximum absolute atomic E-state index is 5.44. The Balaban J connectivity index is 1.52. The minimum atomic E-state index is -0.131.